The second kappa shape index (κ2) is 4.68. The Morgan fingerprint density at radius 1 is 1.25 bits per heavy atom. The van der Waals surface area contributed by atoms with Gasteiger partial charge in [0.2, 0.25) is 17.6 Å². The molecule has 0 amide bonds. The van der Waals surface area contributed by atoms with E-state index in [4.69, 9.17) is 10.5 Å². The third-order valence-electron chi connectivity index (χ3n) is 2.62. The molecular weight excluding hydrogens is 284 g/mol. The fourth-order valence-electron chi connectivity index (χ4n) is 1.78. The molecule has 2 N–H and O–H groups in total. The van der Waals surface area contributed by atoms with Gasteiger partial charge in [0.15, 0.2) is 11.6 Å². The molecule has 0 aliphatic heterocycles. The molecule has 0 aliphatic rings. The minimum atomic E-state index is -1.07. The lowest BCUT2D eigenvalue weighted by molar-refractivity contribution is 0.409. The van der Waals surface area contributed by atoms with Crippen LogP contribution in [0.4, 0.5) is 14.7 Å². The van der Waals surface area contributed by atoms with E-state index in [1.165, 1.54) is 23.5 Å². The molecule has 3 aromatic rings. The molecular formula is C13H9F2N3OS. The lowest BCUT2D eigenvalue weighted by Gasteiger charge is -2.07. The Balaban J connectivity index is 2.12. The van der Waals surface area contributed by atoms with Gasteiger partial charge in [0, 0.05) is 4.88 Å². The standard InChI is InChI=1S/C13H9F2N3OS/c1-6-5-7-11(17-13(16)18-12(7)20-6)19-9-4-2-3-8(14)10(9)15/h2-5H,1H3,(H2,16,17,18). The number of halogens is 2. The number of hydrogen-bond acceptors (Lipinski definition) is 5. The van der Waals surface area contributed by atoms with E-state index in [1.54, 1.807) is 0 Å². The first-order chi connectivity index (χ1) is 9.54. The number of nitrogens with zero attached hydrogens (tertiary/aromatic N) is 2. The van der Waals surface area contributed by atoms with Crippen molar-refractivity contribution in [1.82, 2.24) is 9.97 Å². The van der Waals surface area contributed by atoms with Gasteiger partial charge in [0.1, 0.15) is 4.83 Å². The van der Waals surface area contributed by atoms with Crippen LogP contribution in [0.15, 0.2) is 24.3 Å². The van der Waals surface area contributed by atoms with Crippen molar-refractivity contribution in [3.63, 3.8) is 0 Å². The predicted octanol–water partition coefficient (Wildman–Crippen LogP) is 3.65. The number of aromatic nitrogens is 2. The quantitative estimate of drug-likeness (QED) is 0.783. The van der Waals surface area contributed by atoms with Crippen molar-refractivity contribution in [2.45, 2.75) is 6.92 Å². The van der Waals surface area contributed by atoms with Crippen LogP contribution in [0.25, 0.3) is 10.2 Å². The van der Waals surface area contributed by atoms with Crippen LogP contribution < -0.4 is 10.5 Å². The van der Waals surface area contributed by atoms with Gasteiger partial charge in [-0.25, -0.2) is 9.37 Å². The highest BCUT2D eigenvalue weighted by Crippen LogP contribution is 2.34. The van der Waals surface area contributed by atoms with E-state index < -0.39 is 11.6 Å². The summed E-state index contributed by atoms with van der Waals surface area (Å²) in [6, 6.07) is 5.50. The zero-order valence-corrected chi connectivity index (χ0v) is 11.2. The van der Waals surface area contributed by atoms with Crippen molar-refractivity contribution >= 4 is 27.5 Å². The lowest BCUT2D eigenvalue weighted by Crippen LogP contribution is -1.98. The smallest absolute Gasteiger partial charge is 0.233 e. The molecule has 0 spiro atoms. The minimum absolute atomic E-state index is 0.0196. The van der Waals surface area contributed by atoms with Crippen molar-refractivity contribution in [1.29, 1.82) is 0 Å². The number of ether oxygens (including phenoxy) is 1. The number of nitrogen functional groups attached to an aromatic ring is 1. The van der Waals surface area contributed by atoms with Crippen LogP contribution in [0.1, 0.15) is 4.88 Å². The van der Waals surface area contributed by atoms with Crippen LogP contribution in [0, 0.1) is 18.6 Å². The lowest BCUT2D eigenvalue weighted by atomic mass is 10.3. The second-order valence-electron chi connectivity index (χ2n) is 4.12. The number of rotatable bonds is 2. The number of fused-ring (bicyclic) bond motifs is 1. The average Bonchev–Trinajstić information content (AvgIpc) is 2.75. The number of anilines is 1. The monoisotopic (exact) mass is 293 g/mol. The summed E-state index contributed by atoms with van der Waals surface area (Å²) >= 11 is 1.42. The molecule has 0 saturated carbocycles. The summed E-state index contributed by atoms with van der Waals surface area (Å²) in [5.41, 5.74) is 5.59. The van der Waals surface area contributed by atoms with Gasteiger partial charge in [-0.3, -0.25) is 0 Å². The summed E-state index contributed by atoms with van der Waals surface area (Å²) in [6.07, 6.45) is 0. The van der Waals surface area contributed by atoms with E-state index in [-0.39, 0.29) is 17.6 Å². The van der Waals surface area contributed by atoms with Gasteiger partial charge in [-0.15, -0.1) is 11.3 Å². The van der Waals surface area contributed by atoms with Crippen LogP contribution in [0.3, 0.4) is 0 Å². The summed E-state index contributed by atoms with van der Waals surface area (Å²) in [5.74, 6) is -2.16. The van der Waals surface area contributed by atoms with Gasteiger partial charge in [0.25, 0.3) is 0 Å². The van der Waals surface area contributed by atoms with Gasteiger partial charge in [-0.1, -0.05) is 6.07 Å². The first-order valence-corrected chi connectivity index (χ1v) is 6.52. The fourth-order valence-corrected chi connectivity index (χ4v) is 2.65. The van der Waals surface area contributed by atoms with E-state index in [9.17, 15) is 8.78 Å². The van der Waals surface area contributed by atoms with Crippen molar-refractivity contribution in [2.24, 2.45) is 0 Å². The van der Waals surface area contributed by atoms with E-state index in [2.05, 4.69) is 9.97 Å². The Labute approximate surface area is 116 Å². The second-order valence-corrected chi connectivity index (χ2v) is 5.35. The molecule has 0 unspecified atom stereocenters. The molecule has 0 atom stereocenters. The summed E-state index contributed by atoms with van der Waals surface area (Å²) in [7, 11) is 0. The third kappa shape index (κ3) is 2.16. The molecule has 0 saturated heterocycles. The van der Waals surface area contributed by atoms with Crippen LogP contribution >= 0.6 is 11.3 Å². The molecule has 2 aromatic heterocycles. The van der Waals surface area contributed by atoms with E-state index in [0.29, 0.717) is 10.2 Å². The van der Waals surface area contributed by atoms with Crippen molar-refractivity contribution < 1.29 is 13.5 Å². The summed E-state index contributed by atoms with van der Waals surface area (Å²) in [4.78, 5) is 9.65. The number of hydrogen-bond donors (Lipinski definition) is 1. The number of benzene rings is 1. The SMILES string of the molecule is Cc1cc2c(Oc3cccc(F)c3F)nc(N)nc2s1. The molecule has 20 heavy (non-hydrogen) atoms. The Bertz CT molecular complexity index is 804. The first kappa shape index (κ1) is 12.7. The van der Waals surface area contributed by atoms with Crippen LogP contribution in [0.2, 0.25) is 0 Å². The Morgan fingerprint density at radius 3 is 2.85 bits per heavy atom. The van der Waals surface area contributed by atoms with E-state index >= 15 is 0 Å². The molecule has 0 fully saturated rings. The molecule has 102 valence electrons. The van der Waals surface area contributed by atoms with Gasteiger partial charge in [-0.05, 0) is 25.1 Å². The van der Waals surface area contributed by atoms with Crippen LogP contribution in [-0.4, -0.2) is 9.97 Å². The molecule has 0 aliphatic carbocycles. The highest BCUT2D eigenvalue weighted by molar-refractivity contribution is 7.18. The zero-order chi connectivity index (χ0) is 14.3. The first-order valence-electron chi connectivity index (χ1n) is 5.70. The van der Waals surface area contributed by atoms with Crippen molar-refractivity contribution in [2.75, 3.05) is 5.73 Å². The Kier molecular flexibility index (Phi) is 2.98. The molecule has 0 bridgehead atoms. The summed E-state index contributed by atoms with van der Waals surface area (Å²) in [6.45, 7) is 1.90. The van der Waals surface area contributed by atoms with E-state index in [1.807, 2.05) is 13.0 Å². The fraction of sp³-hybridized carbons (Fsp3) is 0.0769. The summed E-state index contributed by atoms with van der Waals surface area (Å²) < 4.78 is 32.1. The molecule has 4 nitrogen and oxygen atoms in total. The molecule has 1 aromatic carbocycles. The number of thiophene rings is 1. The van der Waals surface area contributed by atoms with Gasteiger partial charge >= 0.3 is 0 Å². The van der Waals surface area contributed by atoms with Crippen molar-refractivity contribution in [3.05, 3.63) is 40.8 Å². The van der Waals surface area contributed by atoms with Crippen LogP contribution in [-0.2, 0) is 0 Å². The summed E-state index contributed by atoms with van der Waals surface area (Å²) in [5, 5.41) is 0.616. The third-order valence-corrected chi connectivity index (χ3v) is 3.57. The Hall–Kier alpha value is -2.28. The normalized spacial score (nSPS) is 10.9. The maximum Gasteiger partial charge on any atom is 0.233 e. The van der Waals surface area contributed by atoms with Crippen LogP contribution in [0.5, 0.6) is 11.6 Å². The predicted molar refractivity (Wildman–Crippen MR) is 73.0 cm³/mol. The molecule has 7 heteroatoms. The van der Waals surface area contributed by atoms with E-state index in [0.717, 1.165) is 10.9 Å². The van der Waals surface area contributed by atoms with Gasteiger partial charge in [0.05, 0.1) is 5.39 Å². The maximum atomic E-state index is 13.6. The highest BCUT2D eigenvalue weighted by Gasteiger charge is 2.15. The molecule has 0 radical (unpaired) electrons. The zero-order valence-electron chi connectivity index (χ0n) is 10.4. The highest BCUT2D eigenvalue weighted by atomic mass is 32.1. The Morgan fingerprint density at radius 2 is 2.05 bits per heavy atom. The largest absolute Gasteiger partial charge is 0.435 e. The molecule has 2 heterocycles. The number of aryl methyl sites for hydroxylation is 1. The van der Waals surface area contributed by atoms with Crippen molar-refractivity contribution in [3.8, 4) is 11.6 Å². The molecule has 3 rings (SSSR count). The average molecular weight is 293 g/mol. The van der Waals surface area contributed by atoms with Gasteiger partial charge in [-0.2, -0.15) is 9.37 Å². The topological polar surface area (TPSA) is 61.0 Å². The van der Waals surface area contributed by atoms with Gasteiger partial charge < -0.3 is 10.5 Å². The minimum Gasteiger partial charge on any atom is -0.435 e. The maximum absolute atomic E-state index is 13.6. The number of nitrogens with two attached hydrogens (primary N) is 1.